The number of nitrogens with one attached hydrogen (secondary N) is 1. The topological polar surface area (TPSA) is 78.5 Å². The smallest absolute Gasteiger partial charge is 0.322 e. The predicted molar refractivity (Wildman–Crippen MR) is 159 cm³/mol. The first-order valence-electron chi connectivity index (χ1n) is 13.3. The SMILES string of the molecule is COc1cccc(NC(=O)N(CCc2ccc(OC)c(OC)c2)Cc2ccc(OCc3ccccc3)c(OC)c2)c1. The van der Waals surface area contributed by atoms with Gasteiger partial charge in [-0.3, -0.25) is 0 Å². The van der Waals surface area contributed by atoms with Crippen molar-refractivity contribution in [2.24, 2.45) is 0 Å². The van der Waals surface area contributed by atoms with Gasteiger partial charge in [-0.2, -0.15) is 0 Å². The third kappa shape index (κ3) is 8.08. The molecule has 1 N–H and O–H groups in total. The van der Waals surface area contributed by atoms with E-state index >= 15 is 0 Å². The summed E-state index contributed by atoms with van der Waals surface area (Å²) in [6.45, 7) is 1.25. The normalized spacial score (nSPS) is 10.4. The van der Waals surface area contributed by atoms with Gasteiger partial charge in [0.1, 0.15) is 12.4 Å². The summed E-state index contributed by atoms with van der Waals surface area (Å²) in [7, 11) is 6.42. The highest BCUT2D eigenvalue weighted by molar-refractivity contribution is 5.89. The van der Waals surface area contributed by atoms with Gasteiger partial charge in [0.05, 0.1) is 28.4 Å². The number of carbonyl (C=O) groups is 1. The molecule has 0 saturated carbocycles. The van der Waals surface area contributed by atoms with Gasteiger partial charge in [0, 0.05) is 24.8 Å². The van der Waals surface area contributed by atoms with Crippen molar-refractivity contribution in [1.82, 2.24) is 4.90 Å². The number of rotatable bonds is 13. The summed E-state index contributed by atoms with van der Waals surface area (Å²) in [6.07, 6.45) is 0.612. The quantitative estimate of drug-likeness (QED) is 0.201. The number of anilines is 1. The second-order valence-electron chi connectivity index (χ2n) is 9.28. The maximum atomic E-state index is 13.5. The van der Waals surface area contributed by atoms with Crippen molar-refractivity contribution in [2.75, 3.05) is 40.3 Å². The molecule has 0 fully saturated rings. The molecule has 4 rings (SSSR count). The van der Waals surface area contributed by atoms with E-state index in [4.69, 9.17) is 23.7 Å². The summed E-state index contributed by atoms with van der Waals surface area (Å²) in [5.74, 6) is 3.21. The zero-order chi connectivity index (χ0) is 29.0. The molecule has 0 unspecified atom stereocenters. The maximum absolute atomic E-state index is 13.5. The Morgan fingerprint density at radius 1 is 0.659 bits per heavy atom. The lowest BCUT2D eigenvalue weighted by Crippen LogP contribution is -2.36. The van der Waals surface area contributed by atoms with Crippen LogP contribution >= 0.6 is 0 Å². The highest BCUT2D eigenvalue weighted by atomic mass is 16.5. The molecule has 4 aromatic rings. The summed E-state index contributed by atoms with van der Waals surface area (Å²) >= 11 is 0. The predicted octanol–water partition coefficient (Wildman–Crippen LogP) is 6.58. The summed E-state index contributed by atoms with van der Waals surface area (Å²) < 4.78 is 27.8. The summed E-state index contributed by atoms with van der Waals surface area (Å²) in [5.41, 5.74) is 3.63. The third-order valence-electron chi connectivity index (χ3n) is 6.57. The molecule has 0 aliphatic rings. The van der Waals surface area contributed by atoms with Gasteiger partial charge in [-0.1, -0.05) is 48.5 Å². The zero-order valence-corrected chi connectivity index (χ0v) is 23.9. The first-order chi connectivity index (χ1) is 20.0. The monoisotopic (exact) mass is 556 g/mol. The highest BCUT2D eigenvalue weighted by Crippen LogP contribution is 2.30. The van der Waals surface area contributed by atoms with E-state index in [0.717, 1.165) is 16.7 Å². The van der Waals surface area contributed by atoms with Crippen LogP contribution in [0.25, 0.3) is 0 Å². The number of amides is 2. The molecule has 8 nitrogen and oxygen atoms in total. The van der Waals surface area contributed by atoms with Crippen LogP contribution in [0.4, 0.5) is 10.5 Å². The van der Waals surface area contributed by atoms with Gasteiger partial charge in [-0.25, -0.2) is 4.79 Å². The Kier molecular flexibility index (Phi) is 10.3. The van der Waals surface area contributed by atoms with Gasteiger partial charge in [-0.05, 0) is 59.5 Å². The largest absolute Gasteiger partial charge is 0.497 e. The molecule has 0 aromatic heterocycles. The lowest BCUT2D eigenvalue weighted by Gasteiger charge is -2.24. The second-order valence-corrected chi connectivity index (χ2v) is 9.28. The zero-order valence-electron chi connectivity index (χ0n) is 23.9. The molecule has 0 aliphatic carbocycles. The molecular formula is C33H36N2O6. The third-order valence-corrected chi connectivity index (χ3v) is 6.57. The summed E-state index contributed by atoms with van der Waals surface area (Å²) in [4.78, 5) is 15.3. The Hall–Kier alpha value is -4.85. The van der Waals surface area contributed by atoms with E-state index in [2.05, 4.69) is 5.32 Å². The molecule has 0 saturated heterocycles. The first kappa shape index (κ1) is 29.1. The number of hydrogen-bond donors (Lipinski definition) is 1. The Labute approximate surface area is 241 Å². The van der Waals surface area contributed by atoms with Crippen LogP contribution in [-0.2, 0) is 19.6 Å². The van der Waals surface area contributed by atoms with Crippen LogP contribution in [0.2, 0.25) is 0 Å². The van der Waals surface area contributed by atoms with Crippen LogP contribution in [0.5, 0.6) is 28.7 Å². The molecule has 0 spiro atoms. The fraction of sp³-hybridized carbons (Fsp3) is 0.242. The molecule has 0 heterocycles. The van der Waals surface area contributed by atoms with Crippen molar-refractivity contribution in [3.05, 3.63) is 108 Å². The average Bonchev–Trinajstić information content (AvgIpc) is 3.02. The molecule has 8 heteroatoms. The number of hydrogen-bond acceptors (Lipinski definition) is 6. The molecule has 214 valence electrons. The molecular weight excluding hydrogens is 520 g/mol. The lowest BCUT2D eigenvalue weighted by molar-refractivity contribution is 0.209. The number of benzene rings is 4. The van der Waals surface area contributed by atoms with Crippen LogP contribution in [0, 0.1) is 0 Å². The second kappa shape index (κ2) is 14.5. The number of carbonyl (C=O) groups excluding carboxylic acids is 1. The number of ether oxygens (including phenoxy) is 5. The highest BCUT2D eigenvalue weighted by Gasteiger charge is 2.17. The van der Waals surface area contributed by atoms with Crippen molar-refractivity contribution in [2.45, 2.75) is 19.6 Å². The van der Waals surface area contributed by atoms with Gasteiger partial charge in [-0.15, -0.1) is 0 Å². The Morgan fingerprint density at radius 3 is 2.07 bits per heavy atom. The number of urea groups is 1. The minimum atomic E-state index is -0.234. The van der Waals surface area contributed by atoms with E-state index in [1.807, 2.05) is 84.9 Å². The van der Waals surface area contributed by atoms with Crippen LogP contribution < -0.4 is 29.0 Å². The van der Waals surface area contributed by atoms with Crippen LogP contribution in [0.3, 0.4) is 0 Å². The number of nitrogens with zero attached hydrogens (tertiary/aromatic N) is 1. The summed E-state index contributed by atoms with van der Waals surface area (Å²) in [5, 5.41) is 3.00. The van der Waals surface area contributed by atoms with E-state index in [1.54, 1.807) is 39.4 Å². The van der Waals surface area contributed by atoms with Crippen molar-refractivity contribution >= 4 is 11.7 Å². The molecule has 0 atom stereocenters. The minimum Gasteiger partial charge on any atom is -0.497 e. The van der Waals surface area contributed by atoms with Gasteiger partial charge in [0.25, 0.3) is 0 Å². The Bertz CT molecular complexity index is 1430. The van der Waals surface area contributed by atoms with E-state index in [9.17, 15) is 4.79 Å². The molecule has 2 amide bonds. The fourth-order valence-electron chi connectivity index (χ4n) is 4.34. The van der Waals surface area contributed by atoms with Crippen LogP contribution in [0.15, 0.2) is 91.0 Å². The lowest BCUT2D eigenvalue weighted by atomic mass is 10.1. The van der Waals surface area contributed by atoms with E-state index in [0.29, 0.717) is 60.6 Å². The van der Waals surface area contributed by atoms with Crippen molar-refractivity contribution in [3.63, 3.8) is 0 Å². The fourth-order valence-corrected chi connectivity index (χ4v) is 4.34. The summed E-state index contributed by atoms with van der Waals surface area (Å²) in [6, 6.07) is 28.5. The van der Waals surface area contributed by atoms with Crippen LogP contribution in [-0.4, -0.2) is 45.9 Å². The first-order valence-corrected chi connectivity index (χ1v) is 13.3. The van der Waals surface area contributed by atoms with E-state index in [-0.39, 0.29) is 6.03 Å². The van der Waals surface area contributed by atoms with Gasteiger partial charge in [0.2, 0.25) is 0 Å². The molecule has 41 heavy (non-hydrogen) atoms. The minimum absolute atomic E-state index is 0.234. The van der Waals surface area contributed by atoms with Crippen molar-refractivity contribution in [3.8, 4) is 28.7 Å². The van der Waals surface area contributed by atoms with Crippen molar-refractivity contribution < 1.29 is 28.5 Å². The van der Waals surface area contributed by atoms with E-state index < -0.39 is 0 Å². The standard InChI is InChI=1S/C33H36N2O6/c1-37-28-12-8-11-27(21-28)34-33(36)35(18-17-24-13-15-29(38-2)31(19-24)39-3)22-26-14-16-30(32(20-26)40-4)41-23-25-9-6-5-7-10-25/h5-16,19-21H,17-18,22-23H2,1-4H3,(H,34,36). The number of methoxy groups -OCH3 is 4. The van der Waals surface area contributed by atoms with E-state index in [1.165, 1.54) is 0 Å². The van der Waals surface area contributed by atoms with Gasteiger partial charge < -0.3 is 33.9 Å². The van der Waals surface area contributed by atoms with Gasteiger partial charge in [0.15, 0.2) is 23.0 Å². The molecule has 0 radical (unpaired) electrons. The van der Waals surface area contributed by atoms with Gasteiger partial charge >= 0.3 is 6.03 Å². The molecule has 0 aliphatic heterocycles. The van der Waals surface area contributed by atoms with Crippen LogP contribution in [0.1, 0.15) is 16.7 Å². The molecule has 4 aromatic carbocycles. The average molecular weight is 557 g/mol. The Balaban J connectivity index is 1.52. The van der Waals surface area contributed by atoms with Crippen molar-refractivity contribution in [1.29, 1.82) is 0 Å². The molecule has 0 bridgehead atoms. The maximum Gasteiger partial charge on any atom is 0.322 e. The Morgan fingerprint density at radius 2 is 1.34 bits per heavy atom.